The van der Waals surface area contributed by atoms with Gasteiger partial charge in [0.1, 0.15) is 0 Å². The lowest BCUT2D eigenvalue weighted by Crippen LogP contribution is -2.12. The van der Waals surface area contributed by atoms with Gasteiger partial charge in [0.05, 0.1) is 5.57 Å². The average molecular weight is 329 g/mol. The van der Waals surface area contributed by atoms with Crippen LogP contribution in [0.2, 0.25) is 5.02 Å². The van der Waals surface area contributed by atoms with Crippen LogP contribution in [0.5, 0.6) is 0 Å². The highest BCUT2D eigenvalue weighted by Gasteiger charge is 2.36. The highest BCUT2D eigenvalue weighted by atomic mass is 35.5. The standard InChI is InChI=1S/C16H12ClF3S/c1-11(21-14-5-3-2-4-6-14)15(16(18,19)20)12-7-9-13(17)10-8-12/h2-10H,1H3/b15-11-. The third-order valence-electron chi connectivity index (χ3n) is 2.78. The van der Waals surface area contributed by atoms with Gasteiger partial charge in [-0.05, 0) is 41.7 Å². The van der Waals surface area contributed by atoms with Crippen LogP contribution in [0.1, 0.15) is 12.5 Å². The van der Waals surface area contributed by atoms with E-state index in [1.54, 1.807) is 24.3 Å². The molecule has 5 heteroatoms. The Balaban J connectivity index is 2.44. The highest BCUT2D eigenvalue weighted by molar-refractivity contribution is 8.03. The second-order valence-electron chi connectivity index (χ2n) is 4.35. The van der Waals surface area contributed by atoms with E-state index < -0.39 is 11.7 Å². The minimum Gasteiger partial charge on any atom is -0.166 e. The molecule has 0 saturated heterocycles. The molecule has 0 aromatic heterocycles. The quantitative estimate of drug-likeness (QED) is 0.585. The van der Waals surface area contributed by atoms with E-state index in [1.807, 2.05) is 6.07 Å². The van der Waals surface area contributed by atoms with Crippen molar-refractivity contribution in [1.29, 1.82) is 0 Å². The highest BCUT2D eigenvalue weighted by Crippen LogP contribution is 2.41. The average Bonchev–Trinajstić information content (AvgIpc) is 2.41. The smallest absolute Gasteiger partial charge is 0.166 e. The number of halogens is 4. The fourth-order valence-electron chi connectivity index (χ4n) is 1.90. The van der Waals surface area contributed by atoms with Gasteiger partial charge in [0, 0.05) is 9.92 Å². The van der Waals surface area contributed by atoms with Crippen molar-refractivity contribution in [2.24, 2.45) is 0 Å². The Kier molecular flexibility index (Phi) is 5.01. The van der Waals surface area contributed by atoms with Crippen LogP contribution in [0.25, 0.3) is 5.57 Å². The normalized spacial score (nSPS) is 13.0. The van der Waals surface area contributed by atoms with Crippen molar-refractivity contribution in [3.05, 3.63) is 70.1 Å². The van der Waals surface area contributed by atoms with Gasteiger partial charge in [0.25, 0.3) is 0 Å². The van der Waals surface area contributed by atoms with E-state index in [9.17, 15) is 13.2 Å². The third kappa shape index (κ3) is 4.29. The molecule has 0 radical (unpaired) electrons. The summed E-state index contributed by atoms with van der Waals surface area (Å²) in [4.78, 5) is 0.974. The van der Waals surface area contributed by atoms with Gasteiger partial charge in [-0.1, -0.05) is 53.7 Å². The van der Waals surface area contributed by atoms with Crippen molar-refractivity contribution >= 4 is 28.9 Å². The third-order valence-corrected chi connectivity index (χ3v) is 4.05. The maximum absolute atomic E-state index is 13.4. The Morgan fingerprint density at radius 2 is 1.52 bits per heavy atom. The Morgan fingerprint density at radius 3 is 2.05 bits per heavy atom. The van der Waals surface area contributed by atoms with Crippen molar-refractivity contribution in [3.8, 4) is 0 Å². The molecule has 0 bridgehead atoms. The summed E-state index contributed by atoms with van der Waals surface area (Å²) in [5.74, 6) is 0. The summed E-state index contributed by atoms with van der Waals surface area (Å²) in [6.45, 7) is 1.48. The zero-order valence-electron chi connectivity index (χ0n) is 11.1. The summed E-state index contributed by atoms with van der Waals surface area (Å²) in [7, 11) is 0. The number of allylic oxidation sites excluding steroid dienone is 2. The molecule has 0 spiro atoms. The molecule has 21 heavy (non-hydrogen) atoms. The molecule has 0 heterocycles. The summed E-state index contributed by atoms with van der Waals surface area (Å²) in [6.07, 6.45) is -4.42. The van der Waals surface area contributed by atoms with Crippen molar-refractivity contribution in [1.82, 2.24) is 0 Å². The first-order chi connectivity index (χ1) is 9.88. The molecule has 0 aliphatic carbocycles. The lowest BCUT2D eigenvalue weighted by molar-refractivity contribution is -0.0691. The molecular weight excluding hydrogens is 317 g/mol. The first-order valence-electron chi connectivity index (χ1n) is 6.15. The lowest BCUT2D eigenvalue weighted by Gasteiger charge is -2.16. The van der Waals surface area contributed by atoms with Gasteiger partial charge < -0.3 is 0 Å². The number of thioether (sulfide) groups is 1. The van der Waals surface area contributed by atoms with E-state index in [0.29, 0.717) is 5.02 Å². The molecule has 2 aromatic rings. The largest absolute Gasteiger partial charge is 0.417 e. The van der Waals surface area contributed by atoms with Crippen LogP contribution in [0.4, 0.5) is 13.2 Å². The molecule has 110 valence electrons. The molecule has 0 aliphatic heterocycles. The minimum absolute atomic E-state index is 0.118. The molecular formula is C16H12ClF3S. The molecule has 0 unspecified atom stereocenters. The van der Waals surface area contributed by atoms with E-state index in [1.165, 1.54) is 31.2 Å². The van der Waals surface area contributed by atoms with E-state index >= 15 is 0 Å². The number of hydrogen-bond acceptors (Lipinski definition) is 1. The molecule has 2 rings (SSSR count). The van der Waals surface area contributed by atoms with Crippen molar-refractivity contribution in [2.75, 3.05) is 0 Å². The first kappa shape index (κ1) is 16.0. The van der Waals surface area contributed by atoms with Crippen molar-refractivity contribution < 1.29 is 13.2 Å². The molecule has 0 nitrogen and oxygen atoms in total. The molecule has 0 fully saturated rings. The topological polar surface area (TPSA) is 0 Å². The fraction of sp³-hybridized carbons (Fsp3) is 0.125. The van der Waals surface area contributed by atoms with Crippen LogP contribution in [-0.4, -0.2) is 6.18 Å². The van der Waals surface area contributed by atoms with Gasteiger partial charge in [0.2, 0.25) is 0 Å². The van der Waals surface area contributed by atoms with E-state index in [-0.39, 0.29) is 10.5 Å². The van der Waals surface area contributed by atoms with Crippen molar-refractivity contribution in [3.63, 3.8) is 0 Å². The van der Waals surface area contributed by atoms with Crippen LogP contribution in [0, 0.1) is 0 Å². The molecule has 2 aromatic carbocycles. The Hall–Kier alpha value is -1.39. The summed E-state index contributed by atoms with van der Waals surface area (Å²) in [5, 5.41) is 0.411. The van der Waals surface area contributed by atoms with E-state index in [4.69, 9.17) is 11.6 Å². The number of alkyl halides is 3. The second kappa shape index (κ2) is 6.58. The zero-order chi connectivity index (χ0) is 15.5. The Labute approximate surface area is 130 Å². The molecule has 0 aliphatic rings. The van der Waals surface area contributed by atoms with E-state index in [0.717, 1.165) is 16.7 Å². The lowest BCUT2D eigenvalue weighted by atomic mass is 10.1. The van der Waals surface area contributed by atoms with E-state index in [2.05, 4.69) is 0 Å². The molecule has 0 atom stereocenters. The molecule has 0 saturated carbocycles. The first-order valence-corrected chi connectivity index (χ1v) is 7.34. The SMILES string of the molecule is C/C(Sc1ccccc1)=C(\c1ccc(Cl)cc1)C(F)(F)F. The minimum atomic E-state index is -4.42. The maximum Gasteiger partial charge on any atom is 0.417 e. The van der Waals surface area contributed by atoms with Crippen LogP contribution < -0.4 is 0 Å². The number of benzene rings is 2. The zero-order valence-corrected chi connectivity index (χ0v) is 12.7. The van der Waals surface area contributed by atoms with Gasteiger partial charge >= 0.3 is 6.18 Å². The summed E-state index contributed by atoms with van der Waals surface area (Å²) in [6, 6.07) is 14.7. The van der Waals surface area contributed by atoms with Gasteiger partial charge in [-0.3, -0.25) is 0 Å². The monoisotopic (exact) mass is 328 g/mol. The summed E-state index contributed by atoms with van der Waals surface area (Å²) in [5.41, 5.74) is -0.513. The number of rotatable bonds is 3. The van der Waals surface area contributed by atoms with Gasteiger partial charge in [-0.25, -0.2) is 0 Å². The molecule has 0 N–H and O–H groups in total. The predicted octanol–water partition coefficient (Wildman–Crippen LogP) is 6.43. The van der Waals surface area contributed by atoms with Gasteiger partial charge in [-0.2, -0.15) is 13.2 Å². The Bertz CT molecular complexity index is 631. The summed E-state index contributed by atoms with van der Waals surface area (Å²) >= 11 is 6.84. The molecule has 0 amide bonds. The van der Waals surface area contributed by atoms with Crippen LogP contribution >= 0.6 is 23.4 Å². The fourth-order valence-corrected chi connectivity index (χ4v) is 3.01. The predicted molar refractivity (Wildman–Crippen MR) is 82.4 cm³/mol. The maximum atomic E-state index is 13.4. The van der Waals surface area contributed by atoms with Gasteiger partial charge in [-0.15, -0.1) is 0 Å². The van der Waals surface area contributed by atoms with Gasteiger partial charge in [0.15, 0.2) is 0 Å². The summed E-state index contributed by atoms with van der Waals surface area (Å²) < 4.78 is 40.1. The Morgan fingerprint density at radius 1 is 0.952 bits per heavy atom. The number of hydrogen-bond donors (Lipinski definition) is 0. The van der Waals surface area contributed by atoms with Crippen LogP contribution in [0.15, 0.2) is 64.4 Å². The van der Waals surface area contributed by atoms with Crippen molar-refractivity contribution in [2.45, 2.75) is 18.0 Å². The van der Waals surface area contributed by atoms with Crippen LogP contribution in [-0.2, 0) is 0 Å². The second-order valence-corrected chi connectivity index (χ2v) is 6.08. The van der Waals surface area contributed by atoms with Crippen LogP contribution in [0.3, 0.4) is 0 Å².